The number of hydrogen-bond donors (Lipinski definition) is 0. The first-order chi connectivity index (χ1) is 19.6. The topological polar surface area (TPSA) is 21.7 Å². The highest BCUT2D eigenvalue weighted by atomic mass is 28.4. The first-order valence-electron chi connectivity index (χ1n) is 16.0. The zero-order chi connectivity index (χ0) is 29.7. The van der Waals surface area contributed by atoms with Gasteiger partial charge in [0.25, 0.3) is 0 Å². The number of hydrogen-bond acceptors (Lipinski definition) is 3. The average molecular weight is 574 g/mol. The standard InChI is InChI=1S/C37H55NO2Si/c1-8-10-16-31-20-24-33(25-21-31)38(34-26-22-32(23-27-34)17-11-9-2)35-18-15-19-36(30-35)39-28-13-12-14-29-40-41(6,7)37(3,4)5/h15,18-27,30H,8-14,16-17,28-29H2,1-7H3. The third-order valence-electron chi connectivity index (χ3n) is 8.43. The third-order valence-corrected chi connectivity index (χ3v) is 13.0. The molecule has 3 nitrogen and oxygen atoms in total. The largest absolute Gasteiger partial charge is 0.494 e. The summed E-state index contributed by atoms with van der Waals surface area (Å²) < 4.78 is 12.6. The van der Waals surface area contributed by atoms with Crippen LogP contribution in [0.25, 0.3) is 0 Å². The van der Waals surface area contributed by atoms with Crippen molar-refractivity contribution in [1.29, 1.82) is 0 Å². The molecule has 224 valence electrons. The zero-order valence-electron chi connectivity index (χ0n) is 27.0. The fourth-order valence-corrected chi connectivity index (χ4v) is 5.75. The predicted molar refractivity (Wildman–Crippen MR) is 181 cm³/mol. The Bertz CT molecular complexity index is 1100. The third kappa shape index (κ3) is 10.3. The van der Waals surface area contributed by atoms with E-state index in [1.807, 2.05) is 0 Å². The van der Waals surface area contributed by atoms with Crippen LogP contribution >= 0.6 is 0 Å². The van der Waals surface area contributed by atoms with E-state index < -0.39 is 8.32 Å². The monoisotopic (exact) mass is 573 g/mol. The molecule has 0 N–H and O–H groups in total. The van der Waals surface area contributed by atoms with E-state index in [9.17, 15) is 0 Å². The highest BCUT2D eigenvalue weighted by Crippen LogP contribution is 2.37. The van der Waals surface area contributed by atoms with Crippen LogP contribution in [-0.2, 0) is 17.3 Å². The Balaban J connectivity index is 1.67. The Labute approximate surface area is 252 Å². The van der Waals surface area contributed by atoms with Gasteiger partial charge in [-0.2, -0.15) is 0 Å². The molecule has 0 saturated heterocycles. The minimum absolute atomic E-state index is 0.267. The fraction of sp³-hybridized carbons (Fsp3) is 0.514. The van der Waals surface area contributed by atoms with Crippen LogP contribution in [-0.4, -0.2) is 21.5 Å². The van der Waals surface area contributed by atoms with Crippen LogP contribution in [0, 0.1) is 0 Å². The van der Waals surface area contributed by atoms with Gasteiger partial charge in [0, 0.05) is 29.7 Å². The van der Waals surface area contributed by atoms with E-state index in [1.165, 1.54) is 48.2 Å². The Morgan fingerprint density at radius 3 is 1.68 bits per heavy atom. The molecule has 0 aliphatic heterocycles. The smallest absolute Gasteiger partial charge is 0.191 e. The van der Waals surface area contributed by atoms with Gasteiger partial charge in [-0.3, -0.25) is 0 Å². The maximum Gasteiger partial charge on any atom is 0.191 e. The molecular weight excluding hydrogens is 518 g/mol. The minimum atomic E-state index is -1.65. The van der Waals surface area contributed by atoms with E-state index in [-0.39, 0.29) is 5.04 Å². The molecule has 0 fully saturated rings. The Morgan fingerprint density at radius 2 is 1.17 bits per heavy atom. The van der Waals surface area contributed by atoms with Gasteiger partial charge in [0.05, 0.1) is 6.61 Å². The van der Waals surface area contributed by atoms with Gasteiger partial charge in [0.15, 0.2) is 8.32 Å². The van der Waals surface area contributed by atoms with E-state index in [4.69, 9.17) is 9.16 Å². The molecule has 0 saturated carbocycles. The van der Waals surface area contributed by atoms with Crippen molar-refractivity contribution in [3.8, 4) is 5.75 Å². The van der Waals surface area contributed by atoms with Gasteiger partial charge >= 0.3 is 0 Å². The molecular formula is C37H55NO2Si. The SMILES string of the molecule is CCCCc1ccc(N(c2ccc(CCCC)cc2)c2cccc(OCCCCCO[Si](C)(C)C(C)(C)C)c2)cc1. The summed E-state index contributed by atoms with van der Waals surface area (Å²) >= 11 is 0. The Kier molecular flexibility index (Phi) is 13.0. The molecule has 0 bridgehead atoms. The first-order valence-corrected chi connectivity index (χ1v) is 18.9. The summed E-state index contributed by atoms with van der Waals surface area (Å²) in [5.74, 6) is 0.921. The van der Waals surface area contributed by atoms with Crippen molar-refractivity contribution >= 4 is 25.4 Å². The second-order valence-electron chi connectivity index (χ2n) is 12.9. The van der Waals surface area contributed by atoms with Crippen molar-refractivity contribution < 1.29 is 9.16 Å². The van der Waals surface area contributed by atoms with E-state index >= 15 is 0 Å². The summed E-state index contributed by atoms with van der Waals surface area (Å²) in [6.45, 7) is 17.6. The quantitative estimate of drug-likeness (QED) is 0.118. The number of rotatable bonds is 17. The number of ether oxygens (including phenoxy) is 1. The van der Waals surface area contributed by atoms with Crippen LogP contribution in [0.3, 0.4) is 0 Å². The average Bonchev–Trinajstić information content (AvgIpc) is 2.95. The zero-order valence-corrected chi connectivity index (χ0v) is 28.0. The second-order valence-corrected chi connectivity index (χ2v) is 17.7. The summed E-state index contributed by atoms with van der Waals surface area (Å²) in [5, 5.41) is 0.267. The Hall–Kier alpha value is -2.56. The highest BCUT2D eigenvalue weighted by molar-refractivity contribution is 6.74. The highest BCUT2D eigenvalue weighted by Gasteiger charge is 2.36. The first kappa shape index (κ1) is 32.9. The molecule has 0 unspecified atom stereocenters. The molecule has 0 aliphatic rings. The van der Waals surface area contributed by atoms with Crippen LogP contribution < -0.4 is 9.64 Å². The van der Waals surface area contributed by atoms with E-state index in [0.29, 0.717) is 0 Å². The van der Waals surface area contributed by atoms with E-state index in [1.54, 1.807) is 0 Å². The minimum Gasteiger partial charge on any atom is -0.494 e. The fourth-order valence-electron chi connectivity index (χ4n) is 4.66. The maximum absolute atomic E-state index is 6.33. The van der Waals surface area contributed by atoms with Crippen molar-refractivity contribution in [1.82, 2.24) is 0 Å². The molecule has 0 amide bonds. The van der Waals surface area contributed by atoms with Crippen LogP contribution in [0.2, 0.25) is 18.1 Å². The number of nitrogens with zero attached hydrogens (tertiary/aromatic N) is 1. The van der Waals surface area contributed by atoms with Crippen LogP contribution in [0.15, 0.2) is 72.8 Å². The molecule has 0 aliphatic carbocycles. The van der Waals surface area contributed by atoms with Crippen LogP contribution in [0.1, 0.15) is 90.7 Å². The lowest BCUT2D eigenvalue weighted by Gasteiger charge is -2.36. The lowest BCUT2D eigenvalue weighted by molar-refractivity contribution is 0.264. The van der Waals surface area contributed by atoms with Gasteiger partial charge in [-0.1, -0.05) is 77.8 Å². The molecule has 0 radical (unpaired) electrons. The predicted octanol–water partition coefficient (Wildman–Crippen LogP) is 11.4. The van der Waals surface area contributed by atoms with Gasteiger partial charge < -0.3 is 14.1 Å². The Morgan fingerprint density at radius 1 is 0.634 bits per heavy atom. The molecule has 0 aromatic heterocycles. The van der Waals surface area contributed by atoms with Gasteiger partial charge in [0.1, 0.15) is 5.75 Å². The maximum atomic E-state index is 6.33. The van der Waals surface area contributed by atoms with Crippen molar-refractivity contribution in [2.45, 2.75) is 111 Å². The normalized spacial score (nSPS) is 12.0. The van der Waals surface area contributed by atoms with Crippen molar-refractivity contribution in [2.24, 2.45) is 0 Å². The number of unbranched alkanes of at least 4 members (excludes halogenated alkanes) is 4. The van der Waals surface area contributed by atoms with E-state index in [2.05, 4.69) is 125 Å². The van der Waals surface area contributed by atoms with Gasteiger partial charge in [0.2, 0.25) is 0 Å². The molecule has 0 spiro atoms. The number of aryl methyl sites for hydroxylation is 2. The van der Waals surface area contributed by atoms with Gasteiger partial charge in [-0.15, -0.1) is 0 Å². The summed E-state index contributed by atoms with van der Waals surface area (Å²) in [6, 6.07) is 26.7. The second kappa shape index (κ2) is 16.2. The van der Waals surface area contributed by atoms with Gasteiger partial charge in [-0.05, 0) is 111 Å². The summed E-state index contributed by atoms with van der Waals surface area (Å²) in [7, 11) is -1.65. The molecule has 3 aromatic carbocycles. The number of benzene rings is 3. The van der Waals surface area contributed by atoms with E-state index in [0.717, 1.165) is 56.8 Å². The lowest BCUT2D eigenvalue weighted by Crippen LogP contribution is -2.40. The summed E-state index contributed by atoms with van der Waals surface area (Å²) in [5.41, 5.74) is 6.26. The summed E-state index contributed by atoms with van der Waals surface area (Å²) in [4.78, 5) is 2.35. The lowest BCUT2D eigenvalue weighted by atomic mass is 10.1. The summed E-state index contributed by atoms with van der Waals surface area (Å²) in [6.07, 6.45) is 10.4. The van der Waals surface area contributed by atoms with Gasteiger partial charge in [-0.25, -0.2) is 0 Å². The van der Waals surface area contributed by atoms with Crippen molar-refractivity contribution in [3.63, 3.8) is 0 Å². The number of anilines is 3. The molecule has 41 heavy (non-hydrogen) atoms. The van der Waals surface area contributed by atoms with Crippen LogP contribution in [0.5, 0.6) is 5.75 Å². The molecule has 0 heterocycles. The molecule has 3 aromatic rings. The molecule has 3 rings (SSSR count). The van der Waals surface area contributed by atoms with Crippen molar-refractivity contribution in [2.75, 3.05) is 18.1 Å². The van der Waals surface area contributed by atoms with Crippen LogP contribution in [0.4, 0.5) is 17.1 Å². The molecule has 0 atom stereocenters. The van der Waals surface area contributed by atoms with Crippen molar-refractivity contribution in [3.05, 3.63) is 83.9 Å². The molecule has 4 heteroatoms.